The minimum Gasteiger partial charge on any atom is -0.349 e. The molecule has 1 amide bonds. The van der Waals surface area contributed by atoms with Gasteiger partial charge in [-0.3, -0.25) is 4.79 Å². The largest absolute Gasteiger partial charge is 0.349 e. The van der Waals surface area contributed by atoms with E-state index < -0.39 is 5.54 Å². The number of hydrogen-bond acceptors (Lipinski definition) is 4. The molecule has 1 fully saturated rings. The summed E-state index contributed by atoms with van der Waals surface area (Å²) in [4.78, 5) is 14.9. The zero-order chi connectivity index (χ0) is 19.9. The van der Waals surface area contributed by atoms with Gasteiger partial charge in [-0.05, 0) is 50.1 Å². The van der Waals surface area contributed by atoms with E-state index in [9.17, 15) is 9.18 Å². The maximum absolute atomic E-state index is 13.5. The molecule has 0 saturated carbocycles. The molecule has 148 valence electrons. The molecule has 2 aliphatic rings. The lowest BCUT2D eigenvalue weighted by molar-refractivity contribution is -0.117. The highest BCUT2D eigenvalue weighted by Crippen LogP contribution is 2.45. The van der Waals surface area contributed by atoms with Crippen LogP contribution in [0.1, 0.15) is 37.9 Å². The summed E-state index contributed by atoms with van der Waals surface area (Å²) >= 11 is 0. The summed E-state index contributed by atoms with van der Waals surface area (Å²) in [6, 6.07) is 12.4. The van der Waals surface area contributed by atoms with E-state index in [0.717, 1.165) is 42.1 Å². The van der Waals surface area contributed by atoms with Crippen molar-refractivity contribution >= 4 is 17.3 Å². The molecule has 2 heterocycles. The lowest BCUT2D eigenvalue weighted by Crippen LogP contribution is -2.55. The number of fused-ring (bicyclic) bond motifs is 1. The fraction of sp³-hybridized carbons (Fsp3) is 0.409. The number of piperazine rings is 1. The van der Waals surface area contributed by atoms with Crippen molar-refractivity contribution in [3.63, 3.8) is 0 Å². The smallest absolute Gasteiger partial charge is 0.246 e. The molecule has 2 aromatic carbocycles. The zero-order valence-corrected chi connectivity index (χ0v) is 16.6. The van der Waals surface area contributed by atoms with Crippen molar-refractivity contribution in [1.29, 1.82) is 0 Å². The number of hydrogen-bond donors (Lipinski definition) is 3. The van der Waals surface area contributed by atoms with Crippen LogP contribution in [0.5, 0.6) is 0 Å². The number of benzene rings is 2. The van der Waals surface area contributed by atoms with Crippen molar-refractivity contribution in [2.75, 3.05) is 29.9 Å². The highest BCUT2D eigenvalue weighted by Gasteiger charge is 2.41. The quantitative estimate of drug-likeness (QED) is 0.763. The number of nitrogens with zero attached hydrogens (tertiary/aromatic N) is 1. The van der Waals surface area contributed by atoms with Crippen LogP contribution in [0, 0.1) is 5.82 Å². The Hall–Kier alpha value is -2.44. The van der Waals surface area contributed by atoms with E-state index in [1.165, 1.54) is 12.1 Å². The standard InChI is InChI=1S/C22H27FN4O/c1-14-21(28)26-18-6-4-5-17(19-13-24-11-12-25-19)20(18)27(14)22(2,3)15-7-9-16(23)10-8-15/h4-10,14,19,24-25H,11-13H2,1-3H3,(H,26,28). The molecule has 1 saturated heterocycles. The average Bonchev–Trinajstić information content (AvgIpc) is 2.69. The molecule has 3 N–H and O–H groups in total. The van der Waals surface area contributed by atoms with Gasteiger partial charge < -0.3 is 20.9 Å². The van der Waals surface area contributed by atoms with Crippen LogP contribution in [-0.2, 0) is 10.3 Å². The predicted octanol–water partition coefficient (Wildman–Crippen LogP) is 3.14. The third-order valence-corrected chi connectivity index (χ3v) is 5.90. The molecule has 6 heteroatoms. The van der Waals surface area contributed by atoms with Gasteiger partial charge in [0, 0.05) is 25.7 Å². The van der Waals surface area contributed by atoms with Crippen LogP contribution < -0.4 is 20.9 Å². The van der Waals surface area contributed by atoms with Gasteiger partial charge in [0.1, 0.15) is 11.9 Å². The molecule has 0 aliphatic carbocycles. The first-order valence-electron chi connectivity index (χ1n) is 9.83. The number of anilines is 2. The van der Waals surface area contributed by atoms with E-state index >= 15 is 0 Å². The molecule has 2 atom stereocenters. The molecule has 28 heavy (non-hydrogen) atoms. The van der Waals surface area contributed by atoms with Crippen molar-refractivity contribution in [3.8, 4) is 0 Å². The normalized spacial score (nSPS) is 22.6. The molecule has 2 aliphatic heterocycles. The van der Waals surface area contributed by atoms with Gasteiger partial charge >= 0.3 is 0 Å². The Balaban J connectivity index is 1.86. The molecular formula is C22H27FN4O. The van der Waals surface area contributed by atoms with E-state index in [0.29, 0.717) is 0 Å². The van der Waals surface area contributed by atoms with E-state index in [-0.39, 0.29) is 23.8 Å². The van der Waals surface area contributed by atoms with Gasteiger partial charge in [0.2, 0.25) is 5.91 Å². The van der Waals surface area contributed by atoms with Crippen molar-refractivity contribution in [3.05, 3.63) is 59.4 Å². The molecule has 0 aromatic heterocycles. The van der Waals surface area contributed by atoms with Crippen molar-refractivity contribution in [2.45, 2.75) is 38.4 Å². The lowest BCUT2D eigenvalue weighted by atomic mass is 9.87. The van der Waals surface area contributed by atoms with Crippen LogP contribution >= 0.6 is 0 Å². The number of nitrogens with one attached hydrogen (secondary N) is 3. The summed E-state index contributed by atoms with van der Waals surface area (Å²) in [6.45, 7) is 8.78. The molecule has 2 unspecified atom stereocenters. The highest BCUT2D eigenvalue weighted by atomic mass is 19.1. The van der Waals surface area contributed by atoms with Gasteiger partial charge in [0.25, 0.3) is 0 Å². The number of amides is 1. The maximum atomic E-state index is 13.5. The minimum atomic E-state index is -0.502. The third-order valence-electron chi connectivity index (χ3n) is 5.90. The second-order valence-corrected chi connectivity index (χ2v) is 8.06. The highest BCUT2D eigenvalue weighted by molar-refractivity contribution is 6.04. The van der Waals surface area contributed by atoms with Gasteiger partial charge in [-0.15, -0.1) is 0 Å². The Bertz CT molecular complexity index is 875. The van der Waals surface area contributed by atoms with E-state index in [1.54, 1.807) is 12.1 Å². The van der Waals surface area contributed by atoms with Gasteiger partial charge in [-0.1, -0.05) is 24.3 Å². The Morgan fingerprint density at radius 3 is 2.54 bits per heavy atom. The average molecular weight is 382 g/mol. The molecular weight excluding hydrogens is 355 g/mol. The Morgan fingerprint density at radius 2 is 1.86 bits per heavy atom. The number of para-hydroxylation sites is 1. The predicted molar refractivity (Wildman–Crippen MR) is 110 cm³/mol. The van der Waals surface area contributed by atoms with E-state index in [4.69, 9.17) is 0 Å². The number of carbonyl (C=O) groups excluding carboxylic acids is 1. The van der Waals surface area contributed by atoms with Gasteiger partial charge in [0.15, 0.2) is 0 Å². The Morgan fingerprint density at radius 1 is 1.11 bits per heavy atom. The Labute approximate surface area is 165 Å². The molecule has 0 radical (unpaired) electrons. The van der Waals surface area contributed by atoms with Crippen LogP contribution in [0.2, 0.25) is 0 Å². The monoisotopic (exact) mass is 382 g/mol. The van der Waals surface area contributed by atoms with Gasteiger partial charge in [-0.25, -0.2) is 4.39 Å². The minimum absolute atomic E-state index is 0.0328. The Kier molecular flexibility index (Phi) is 4.85. The van der Waals surface area contributed by atoms with Crippen molar-refractivity contribution in [2.24, 2.45) is 0 Å². The summed E-state index contributed by atoms with van der Waals surface area (Å²) in [5, 5.41) is 10.1. The second kappa shape index (κ2) is 7.18. The van der Waals surface area contributed by atoms with Gasteiger partial charge in [0.05, 0.1) is 16.9 Å². The zero-order valence-electron chi connectivity index (χ0n) is 16.6. The summed E-state index contributed by atoms with van der Waals surface area (Å²) in [6.07, 6.45) is 0. The van der Waals surface area contributed by atoms with E-state index in [1.807, 2.05) is 19.1 Å². The molecule has 4 rings (SSSR count). The van der Waals surface area contributed by atoms with E-state index in [2.05, 4.69) is 40.8 Å². The second-order valence-electron chi connectivity index (χ2n) is 8.06. The SMILES string of the molecule is CC1C(=O)Nc2cccc(C3CNCCN3)c2N1C(C)(C)c1ccc(F)cc1. The maximum Gasteiger partial charge on any atom is 0.246 e. The first-order valence-corrected chi connectivity index (χ1v) is 9.83. The van der Waals surface area contributed by atoms with Crippen molar-refractivity contribution < 1.29 is 9.18 Å². The lowest BCUT2D eigenvalue weighted by Gasteiger charge is -2.48. The topological polar surface area (TPSA) is 56.4 Å². The van der Waals surface area contributed by atoms with Crippen LogP contribution in [0.15, 0.2) is 42.5 Å². The molecule has 2 aromatic rings. The first-order chi connectivity index (χ1) is 13.4. The van der Waals surface area contributed by atoms with Crippen LogP contribution in [0.3, 0.4) is 0 Å². The summed E-state index contributed by atoms with van der Waals surface area (Å²) in [5.74, 6) is -0.294. The van der Waals surface area contributed by atoms with Crippen LogP contribution in [0.25, 0.3) is 0 Å². The number of rotatable bonds is 3. The summed E-state index contributed by atoms with van der Waals surface area (Å²) < 4.78 is 13.5. The van der Waals surface area contributed by atoms with Crippen LogP contribution in [0.4, 0.5) is 15.8 Å². The third kappa shape index (κ3) is 3.16. The summed E-state index contributed by atoms with van der Waals surface area (Å²) in [5.41, 5.74) is 3.48. The summed E-state index contributed by atoms with van der Waals surface area (Å²) in [7, 11) is 0. The number of halogens is 1. The molecule has 0 spiro atoms. The van der Waals surface area contributed by atoms with Crippen molar-refractivity contribution in [1.82, 2.24) is 10.6 Å². The fourth-order valence-electron chi connectivity index (χ4n) is 4.39. The van der Waals surface area contributed by atoms with Gasteiger partial charge in [-0.2, -0.15) is 0 Å². The molecule has 5 nitrogen and oxygen atoms in total. The first kappa shape index (κ1) is 18.9. The fourth-order valence-corrected chi connectivity index (χ4v) is 4.39. The van der Waals surface area contributed by atoms with Crippen LogP contribution in [-0.4, -0.2) is 31.6 Å². The molecule has 0 bridgehead atoms. The number of carbonyl (C=O) groups is 1.